The highest BCUT2D eigenvalue weighted by Gasteiger charge is 2.23. The van der Waals surface area contributed by atoms with Crippen LogP contribution >= 0.6 is 0 Å². The first-order chi connectivity index (χ1) is 9.70. The summed E-state index contributed by atoms with van der Waals surface area (Å²) in [6.45, 7) is 2.38. The number of amides is 1. The second-order valence-electron chi connectivity index (χ2n) is 5.34. The number of carbonyl (C=O) groups is 1. The SMILES string of the molecule is CC(NC(=O)C1CCCC1)c1cccc(C#CCN)c1. The Bertz CT molecular complexity index is 521. The Morgan fingerprint density at radius 3 is 2.90 bits per heavy atom. The third-order valence-electron chi connectivity index (χ3n) is 3.81. The number of benzene rings is 1. The fourth-order valence-electron chi connectivity index (χ4n) is 2.64. The third kappa shape index (κ3) is 3.85. The third-order valence-corrected chi connectivity index (χ3v) is 3.81. The number of hydrogen-bond acceptors (Lipinski definition) is 2. The molecule has 20 heavy (non-hydrogen) atoms. The highest BCUT2D eigenvalue weighted by atomic mass is 16.1. The molecular weight excluding hydrogens is 248 g/mol. The molecule has 1 aromatic carbocycles. The van der Waals surface area contributed by atoms with Crippen LogP contribution in [0.2, 0.25) is 0 Å². The first kappa shape index (κ1) is 14.6. The Labute approximate surface area is 120 Å². The Morgan fingerprint density at radius 1 is 1.45 bits per heavy atom. The van der Waals surface area contributed by atoms with Gasteiger partial charge in [-0.15, -0.1) is 0 Å². The Kier molecular flexibility index (Phi) is 5.20. The minimum atomic E-state index is 0.0164. The van der Waals surface area contributed by atoms with Crippen LogP contribution in [-0.4, -0.2) is 12.5 Å². The van der Waals surface area contributed by atoms with Crippen LogP contribution in [0.1, 0.15) is 49.8 Å². The highest BCUT2D eigenvalue weighted by molar-refractivity contribution is 5.79. The van der Waals surface area contributed by atoms with Crippen LogP contribution in [0, 0.1) is 17.8 Å². The lowest BCUT2D eigenvalue weighted by Crippen LogP contribution is -2.31. The summed E-state index contributed by atoms with van der Waals surface area (Å²) in [4.78, 5) is 12.1. The average Bonchev–Trinajstić information content (AvgIpc) is 2.99. The lowest BCUT2D eigenvalue weighted by atomic mass is 10.0. The molecule has 0 aliphatic heterocycles. The van der Waals surface area contributed by atoms with Gasteiger partial charge in [0.25, 0.3) is 0 Å². The summed E-state index contributed by atoms with van der Waals surface area (Å²) in [6.07, 6.45) is 4.41. The van der Waals surface area contributed by atoms with Crippen LogP contribution in [0.5, 0.6) is 0 Å². The van der Waals surface area contributed by atoms with Crippen molar-refractivity contribution < 1.29 is 4.79 Å². The topological polar surface area (TPSA) is 55.1 Å². The smallest absolute Gasteiger partial charge is 0.223 e. The minimum absolute atomic E-state index is 0.0164. The van der Waals surface area contributed by atoms with Gasteiger partial charge in [-0.25, -0.2) is 0 Å². The van der Waals surface area contributed by atoms with E-state index in [1.807, 2.05) is 31.2 Å². The molecule has 0 heterocycles. The van der Waals surface area contributed by atoms with Crippen molar-refractivity contribution in [2.75, 3.05) is 6.54 Å². The molecule has 3 N–H and O–H groups in total. The van der Waals surface area contributed by atoms with Gasteiger partial charge in [0.05, 0.1) is 12.6 Å². The fourth-order valence-corrected chi connectivity index (χ4v) is 2.64. The van der Waals surface area contributed by atoms with Crippen LogP contribution in [0.25, 0.3) is 0 Å². The molecule has 1 fully saturated rings. The van der Waals surface area contributed by atoms with E-state index < -0.39 is 0 Å². The quantitative estimate of drug-likeness (QED) is 0.828. The second kappa shape index (κ2) is 7.12. The Morgan fingerprint density at radius 2 is 2.20 bits per heavy atom. The monoisotopic (exact) mass is 270 g/mol. The zero-order valence-corrected chi connectivity index (χ0v) is 12.0. The number of carbonyl (C=O) groups excluding carboxylic acids is 1. The van der Waals surface area contributed by atoms with Crippen molar-refractivity contribution in [1.29, 1.82) is 0 Å². The Hall–Kier alpha value is -1.79. The van der Waals surface area contributed by atoms with Crippen LogP contribution in [0.3, 0.4) is 0 Å². The van der Waals surface area contributed by atoms with E-state index in [-0.39, 0.29) is 17.9 Å². The summed E-state index contributed by atoms with van der Waals surface area (Å²) < 4.78 is 0. The second-order valence-corrected chi connectivity index (χ2v) is 5.34. The van der Waals surface area contributed by atoms with Crippen molar-refractivity contribution in [2.24, 2.45) is 11.7 Å². The van der Waals surface area contributed by atoms with Gasteiger partial charge in [0.2, 0.25) is 5.91 Å². The molecular formula is C17H22N2O. The zero-order valence-electron chi connectivity index (χ0n) is 12.0. The molecule has 0 spiro atoms. The van der Waals surface area contributed by atoms with Gasteiger partial charge in [-0.2, -0.15) is 0 Å². The molecule has 1 aliphatic carbocycles. The van der Waals surface area contributed by atoms with Crippen LogP contribution in [-0.2, 0) is 4.79 Å². The first-order valence-electron chi connectivity index (χ1n) is 7.30. The number of rotatable bonds is 3. The van der Waals surface area contributed by atoms with Crippen molar-refractivity contribution >= 4 is 5.91 Å². The minimum Gasteiger partial charge on any atom is -0.349 e. The molecule has 1 atom stereocenters. The molecule has 0 saturated heterocycles. The predicted molar refractivity (Wildman–Crippen MR) is 80.9 cm³/mol. The maximum atomic E-state index is 12.1. The zero-order chi connectivity index (χ0) is 14.4. The molecule has 3 nitrogen and oxygen atoms in total. The molecule has 3 heteroatoms. The lowest BCUT2D eigenvalue weighted by molar-refractivity contribution is -0.125. The van der Waals surface area contributed by atoms with Crippen molar-refractivity contribution in [1.82, 2.24) is 5.32 Å². The standard InChI is InChI=1S/C17H22N2O/c1-13(19-17(20)15-8-2-3-9-15)16-10-4-6-14(12-16)7-5-11-18/h4,6,10,12-13,15H,2-3,8-9,11,18H2,1H3,(H,19,20). The maximum Gasteiger partial charge on any atom is 0.223 e. The van der Waals surface area contributed by atoms with Gasteiger partial charge in [-0.3, -0.25) is 4.79 Å². The number of nitrogens with two attached hydrogens (primary N) is 1. The van der Waals surface area contributed by atoms with Crippen molar-refractivity contribution in [3.63, 3.8) is 0 Å². The molecule has 1 amide bonds. The summed E-state index contributed by atoms with van der Waals surface area (Å²) in [5, 5.41) is 3.11. The molecule has 0 bridgehead atoms. The average molecular weight is 270 g/mol. The van der Waals surface area contributed by atoms with Gasteiger partial charge in [0.15, 0.2) is 0 Å². The molecule has 1 unspecified atom stereocenters. The summed E-state index contributed by atoms with van der Waals surface area (Å²) in [5.41, 5.74) is 7.40. The Balaban J connectivity index is 2.01. The van der Waals surface area contributed by atoms with E-state index in [1.165, 1.54) is 12.8 Å². The molecule has 1 saturated carbocycles. The van der Waals surface area contributed by atoms with E-state index in [9.17, 15) is 4.79 Å². The van der Waals surface area contributed by atoms with Gasteiger partial charge in [0.1, 0.15) is 0 Å². The summed E-state index contributed by atoms with van der Waals surface area (Å²) in [6, 6.07) is 7.98. The first-order valence-corrected chi connectivity index (χ1v) is 7.30. The summed E-state index contributed by atoms with van der Waals surface area (Å²) >= 11 is 0. The van der Waals surface area contributed by atoms with Crippen molar-refractivity contribution in [2.45, 2.75) is 38.6 Å². The lowest BCUT2D eigenvalue weighted by Gasteiger charge is -2.17. The van der Waals surface area contributed by atoms with E-state index in [0.29, 0.717) is 6.54 Å². The molecule has 2 rings (SSSR count). The number of hydrogen-bond donors (Lipinski definition) is 2. The van der Waals surface area contributed by atoms with Crippen LogP contribution in [0.15, 0.2) is 24.3 Å². The maximum absolute atomic E-state index is 12.1. The molecule has 1 aliphatic rings. The van der Waals surface area contributed by atoms with Gasteiger partial charge >= 0.3 is 0 Å². The van der Waals surface area contributed by atoms with E-state index in [2.05, 4.69) is 17.2 Å². The number of nitrogens with one attached hydrogen (secondary N) is 1. The predicted octanol–water partition coefficient (Wildman–Crippen LogP) is 2.36. The van der Waals surface area contributed by atoms with Gasteiger partial charge in [-0.1, -0.05) is 36.8 Å². The fraction of sp³-hybridized carbons (Fsp3) is 0.471. The van der Waals surface area contributed by atoms with Crippen LogP contribution in [0.4, 0.5) is 0 Å². The molecule has 0 radical (unpaired) electrons. The largest absolute Gasteiger partial charge is 0.349 e. The summed E-state index contributed by atoms with van der Waals surface area (Å²) in [5.74, 6) is 6.26. The van der Waals surface area contributed by atoms with Crippen LogP contribution < -0.4 is 11.1 Å². The van der Waals surface area contributed by atoms with Crippen molar-refractivity contribution in [3.05, 3.63) is 35.4 Å². The van der Waals surface area contributed by atoms with E-state index in [4.69, 9.17) is 5.73 Å². The van der Waals surface area contributed by atoms with Gasteiger partial charge in [0, 0.05) is 11.5 Å². The molecule has 106 valence electrons. The van der Waals surface area contributed by atoms with E-state index in [1.54, 1.807) is 0 Å². The van der Waals surface area contributed by atoms with E-state index in [0.717, 1.165) is 24.0 Å². The van der Waals surface area contributed by atoms with Crippen molar-refractivity contribution in [3.8, 4) is 11.8 Å². The molecule has 0 aromatic heterocycles. The normalized spacial score (nSPS) is 16.3. The highest BCUT2D eigenvalue weighted by Crippen LogP contribution is 2.25. The summed E-state index contributed by atoms with van der Waals surface area (Å²) in [7, 11) is 0. The van der Waals surface area contributed by atoms with E-state index >= 15 is 0 Å². The van der Waals surface area contributed by atoms with Gasteiger partial charge < -0.3 is 11.1 Å². The van der Waals surface area contributed by atoms with Gasteiger partial charge in [-0.05, 0) is 37.5 Å². The molecule has 1 aromatic rings.